The molecule has 1 N–H and O–H groups in total. The summed E-state index contributed by atoms with van der Waals surface area (Å²) < 4.78 is 17.7. The topological polar surface area (TPSA) is 55.1 Å². The number of carbonyl (C=O) groups excluding carboxylic acids is 1. The normalized spacial score (nSPS) is 10.3. The number of aryl methyl sites for hydroxylation is 2. The van der Waals surface area contributed by atoms with E-state index in [0.717, 1.165) is 0 Å². The van der Waals surface area contributed by atoms with Gasteiger partial charge < -0.3 is 9.84 Å². The van der Waals surface area contributed by atoms with Crippen LogP contribution in [-0.2, 0) is 0 Å². The third-order valence-corrected chi connectivity index (χ3v) is 2.30. The maximum atomic E-state index is 12.9. The van der Waals surface area contributed by atoms with Crippen LogP contribution in [0.4, 0.5) is 10.1 Å². The van der Waals surface area contributed by atoms with Crippen molar-refractivity contribution >= 4 is 11.6 Å². The standard InChI is InChI=1S/C12H11FN2O2/c1-7-5-9(13)3-4-10(7)14-12(16)11-6-8(2)17-15-11/h3-6H,1-2H3,(H,14,16). The molecular weight excluding hydrogens is 223 g/mol. The second-order valence-electron chi connectivity index (χ2n) is 3.74. The van der Waals surface area contributed by atoms with Crippen LogP contribution in [-0.4, -0.2) is 11.1 Å². The number of nitrogens with one attached hydrogen (secondary N) is 1. The van der Waals surface area contributed by atoms with E-state index in [9.17, 15) is 9.18 Å². The van der Waals surface area contributed by atoms with Gasteiger partial charge in [-0.25, -0.2) is 4.39 Å². The van der Waals surface area contributed by atoms with Gasteiger partial charge in [0.15, 0.2) is 5.69 Å². The molecule has 17 heavy (non-hydrogen) atoms. The molecule has 0 spiro atoms. The summed E-state index contributed by atoms with van der Waals surface area (Å²) >= 11 is 0. The second-order valence-corrected chi connectivity index (χ2v) is 3.74. The highest BCUT2D eigenvalue weighted by atomic mass is 19.1. The van der Waals surface area contributed by atoms with Gasteiger partial charge in [0.1, 0.15) is 11.6 Å². The molecule has 0 aliphatic rings. The highest BCUT2D eigenvalue weighted by molar-refractivity contribution is 6.03. The molecule has 1 amide bonds. The number of anilines is 1. The van der Waals surface area contributed by atoms with Crippen LogP contribution in [0.15, 0.2) is 28.8 Å². The lowest BCUT2D eigenvalue weighted by Gasteiger charge is -2.06. The molecule has 1 heterocycles. The number of rotatable bonds is 2. The van der Waals surface area contributed by atoms with Crippen molar-refractivity contribution in [1.29, 1.82) is 0 Å². The molecular formula is C12H11FN2O2. The maximum Gasteiger partial charge on any atom is 0.277 e. The fourth-order valence-electron chi connectivity index (χ4n) is 1.43. The van der Waals surface area contributed by atoms with E-state index in [4.69, 9.17) is 4.52 Å². The van der Waals surface area contributed by atoms with Crippen molar-refractivity contribution in [2.75, 3.05) is 5.32 Å². The van der Waals surface area contributed by atoms with Gasteiger partial charge in [-0.3, -0.25) is 4.79 Å². The summed E-state index contributed by atoms with van der Waals surface area (Å²) in [5.41, 5.74) is 1.40. The summed E-state index contributed by atoms with van der Waals surface area (Å²) in [5, 5.41) is 6.24. The fourth-order valence-corrected chi connectivity index (χ4v) is 1.43. The molecule has 0 unspecified atom stereocenters. The Hall–Kier alpha value is -2.17. The van der Waals surface area contributed by atoms with Crippen molar-refractivity contribution in [2.45, 2.75) is 13.8 Å². The first kappa shape index (κ1) is 11.3. The molecule has 0 fully saturated rings. The van der Waals surface area contributed by atoms with Crippen LogP contribution in [0.2, 0.25) is 0 Å². The van der Waals surface area contributed by atoms with E-state index in [-0.39, 0.29) is 17.4 Å². The molecule has 1 aromatic carbocycles. The van der Waals surface area contributed by atoms with Crippen molar-refractivity contribution in [1.82, 2.24) is 5.16 Å². The molecule has 0 saturated heterocycles. The molecule has 0 aliphatic carbocycles. The minimum absolute atomic E-state index is 0.200. The van der Waals surface area contributed by atoms with E-state index in [1.54, 1.807) is 13.8 Å². The fraction of sp³-hybridized carbons (Fsp3) is 0.167. The lowest BCUT2D eigenvalue weighted by Crippen LogP contribution is -2.13. The zero-order valence-electron chi connectivity index (χ0n) is 9.45. The van der Waals surface area contributed by atoms with Crippen molar-refractivity contribution < 1.29 is 13.7 Å². The first-order chi connectivity index (χ1) is 8.06. The lowest BCUT2D eigenvalue weighted by molar-refractivity contribution is 0.101. The van der Waals surface area contributed by atoms with Crippen molar-refractivity contribution in [3.63, 3.8) is 0 Å². The van der Waals surface area contributed by atoms with Crippen LogP contribution >= 0.6 is 0 Å². The van der Waals surface area contributed by atoms with Gasteiger partial charge >= 0.3 is 0 Å². The number of hydrogen-bond acceptors (Lipinski definition) is 3. The summed E-state index contributed by atoms with van der Waals surface area (Å²) in [6.45, 7) is 3.42. The average molecular weight is 234 g/mol. The SMILES string of the molecule is Cc1cc(C(=O)Nc2ccc(F)cc2C)no1. The average Bonchev–Trinajstić information content (AvgIpc) is 2.69. The van der Waals surface area contributed by atoms with Crippen LogP contribution in [0.1, 0.15) is 21.8 Å². The van der Waals surface area contributed by atoms with Gasteiger partial charge in [0.05, 0.1) is 0 Å². The Bertz CT molecular complexity index is 563. The molecule has 4 nitrogen and oxygen atoms in total. The number of nitrogens with zero attached hydrogens (tertiary/aromatic N) is 1. The van der Waals surface area contributed by atoms with Gasteiger partial charge in [0.25, 0.3) is 5.91 Å². The first-order valence-corrected chi connectivity index (χ1v) is 5.07. The molecule has 0 atom stereocenters. The Kier molecular flexibility index (Phi) is 2.91. The zero-order chi connectivity index (χ0) is 12.4. The number of benzene rings is 1. The van der Waals surface area contributed by atoms with E-state index in [1.165, 1.54) is 24.3 Å². The van der Waals surface area contributed by atoms with E-state index in [1.807, 2.05) is 0 Å². The van der Waals surface area contributed by atoms with Gasteiger partial charge in [-0.05, 0) is 37.6 Å². The smallest absolute Gasteiger partial charge is 0.277 e. The van der Waals surface area contributed by atoms with Gasteiger partial charge in [0, 0.05) is 11.8 Å². The van der Waals surface area contributed by atoms with E-state index >= 15 is 0 Å². The van der Waals surface area contributed by atoms with Gasteiger partial charge in [-0.2, -0.15) is 0 Å². The van der Waals surface area contributed by atoms with Crippen LogP contribution in [0.25, 0.3) is 0 Å². The number of halogens is 1. The Balaban J connectivity index is 2.18. The quantitative estimate of drug-likeness (QED) is 0.869. The minimum Gasteiger partial charge on any atom is -0.361 e. The molecule has 0 bridgehead atoms. The summed E-state index contributed by atoms with van der Waals surface area (Å²) in [6.07, 6.45) is 0. The van der Waals surface area contributed by atoms with Crippen molar-refractivity contribution in [3.8, 4) is 0 Å². The predicted octanol–water partition coefficient (Wildman–Crippen LogP) is 2.68. The molecule has 2 aromatic rings. The molecule has 0 saturated carbocycles. The van der Waals surface area contributed by atoms with E-state index in [0.29, 0.717) is 17.0 Å². The van der Waals surface area contributed by atoms with Gasteiger partial charge in [-0.1, -0.05) is 5.16 Å². The summed E-state index contributed by atoms with van der Waals surface area (Å²) in [4.78, 5) is 11.7. The second kappa shape index (κ2) is 4.37. The largest absolute Gasteiger partial charge is 0.361 e. The van der Waals surface area contributed by atoms with Gasteiger partial charge in [-0.15, -0.1) is 0 Å². The molecule has 5 heteroatoms. The lowest BCUT2D eigenvalue weighted by atomic mass is 10.2. The number of aromatic nitrogens is 1. The molecule has 0 aliphatic heterocycles. The van der Waals surface area contributed by atoms with Crippen LogP contribution in [0, 0.1) is 19.7 Å². The Morgan fingerprint density at radius 1 is 1.35 bits per heavy atom. The van der Waals surface area contributed by atoms with E-state index in [2.05, 4.69) is 10.5 Å². The van der Waals surface area contributed by atoms with Crippen LogP contribution in [0.5, 0.6) is 0 Å². The van der Waals surface area contributed by atoms with E-state index < -0.39 is 0 Å². The molecule has 88 valence electrons. The molecule has 0 radical (unpaired) electrons. The Morgan fingerprint density at radius 3 is 2.71 bits per heavy atom. The Morgan fingerprint density at radius 2 is 2.12 bits per heavy atom. The van der Waals surface area contributed by atoms with Crippen LogP contribution < -0.4 is 5.32 Å². The third kappa shape index (κ3) is 2.50. The summed E-state index contributed by atoms with van der Waals surface area (Å²) in [5.74, 6) is -0.152. The number of amides is 1. The number of hydrogen-bond donors (Lipinski definition) is 1. The predicted molar refractivity (Wildman–Crippen MR) is 60.3 cm³/mol. The summed E-state index contributed by atoms with van der Waals surface area (Å²) in [6, 6.07) is 5.68. The highest BCUT2D eigenvalue weighted by Crippen LogP contribution is 2.16. The molecule has 1 aromatic heterocycles. The van der Waals surface area contributed by atoms with Crippen molar-refractivity contribution in [2.24, 2.45) is 0 Å². The first-order valence-electron chi connectivity index (χ1n) is 5.07. The maximum absolute atomic E-state index is 12.9. The minimum atomic E-state index is -0.378. The van der Waals surface area contributed by atoms with Gasteiger partial charge in [0.2, 0.25) is 0 Å². The Labute approximate surface area is 97.4 Å². The number of carbonyl (C=O) groups is 1. The van der Waals surface area contributed by atoms with Crippen molar-refractivity contribution in [3.05, 3.63) is 47.1 Å². The van der Waals surface area contributed by atoms with Crippen LogP contribution in [0.3, 0.4) is 0 Å². The highest BCUT2D eigenvalue weighted by Gasteiger charge is 2.12. The molecule has 2 rings (SSSR count). The zero-order valence-corrected chi connectivity index (χ0v) is 9.45. The summed E-state index contributed by atoms with van der Waals surface area (Å²) in [7, 11) is 0. The third-order valence-electron chi connectivity index (χ3n) is 2.30. The monoisotopic (exact) mass is 234 g/mol.